The Morgan fingerprint density at radius 2 is 1.86 bits per heavy atom. The zero-order chi connectivity index (χ0) is 19.8. The van der Waals surface area contributed by atoms with E-state index in [1.54, 1.807) is 0 Å². The van der Waals surface area contributed by atoms with E-state index in [0.717, 1.165) is 62.6 Å². The molecular weight excluding hydrogens is 481 g/mol. The van der Waals surface area contributed by atoms with Gasteiger partial charge in [0, 0.05) is 25.2 Å². The second-order valence-corrected chi connectivity index (χ2v) is 7.59. The van der Waals surface area contributed by atoms with Gasteiger partial charge in [-0.05, 0) is 51.5 Å². The van der Waals surface area contributed by atoms with E-state index in [0.29, 0.717) is 12.6 Å². The fraction of sp³-hybridized carbons (Fsp3) is 0.636. The second-order valence-electron chi connectivity index (χ2n) is 7.59. The lowest BCUT2D eigenvalue weighted by atomic mass is 9.97. The molecule has 1 saturated heterocycles. The molecule has 29 heavy (non-hydrogen) atoms. The van der Waals surface area contributed by atoms with Crippen LogP contribution in [-0.4, -0.2) is 49.7 Å². The van der Waals surface area contributed by atoms with Crippen LogP contribution in [0.4, 0.5) is 0 Å². The number of hydrogen-bond acceptors (Lipinski definition) is 4. The van der Waals surface area contributed by atoms with Crippen molar-refractivity contribution in [3.63, 3.8) is 0 Å². The molecule has 1 aromatic rings. The van der Waals surface area contributed by atoms with Crippen LogP contribution in [0.25, 0.3) is 0 Å². The molecule has 0 radical (unpaired) electrons. The minimum atomic E-state index is -0.0976. The SMILES string of the molecule is CCNC(=NCc1ccccc1OC1CCCC1)N1CCC(C(=O)OC)CC1.I. The number of guanidine groups is 1. The molecular formula is C22H34IN3O3. The fourth-order valence-electron chi connectivity index (χ4n) is 4.01. The average Bonchev–Trinajstić information content (AvgIpc) is 3.25. The van der Waals surface area contributed by atoms with Gasteiger partial charge in [0.15, 0.2) is 5.96 Å². The van der Waals surface area contributed by atoms with Crippen molar-refractivity contribution >= 4 is 35.9 Å². The van der Waals surface area contributed by atoms with Gasteiger partial charge >= 0.3 is 5.97 Å². The van der Waals surface area contributed by atoms with E-state index >= 15 is 0 Å². The van der Waals surface area contributed by atoms with Crippen molar-refractivity contribution in [3.8, 4) is 5.75 Å². The summed E-state index contributed by atoms with van der Waals surface area (Å²) in [5, 5.41) is 3.39. The highest BCUT2D eigenvalue weighted by atomic mass is 127. The molecule has 6 nitrogen and oxygen atoms in total. The summed E-state index contributed by atoms with van der Waals surface area (Å²) in [5.41, 5.74) is 1.12. The maximum Gasteiger partial charge on any atom is 0.308 e. The van der Waals surface area contributed by atoms with Gasteiger partial charge in [-0.3, -0.25) is 4.79 Å². The Bertz CT molecular complexity index is 669. The normalized spacial score (nSPS) is 18.3. The van der Waals surface area contributed by atoms with E-state index in [9.17, 15) is 4.79 Å². The zero-order valence-corrected chi connectivity index (χ0v) is 19.9. The van der Waals surface area contributed by atoms with Crippen LogP contribution in [0, 0.1) is 5.92 Å². The molecule has 7 heteroatoms. The fourth-order valence-corrected chi connectivity index (χ4v) is 4.01. The number of esters is 1. The summed E-state index contributed by atoms with van der Waals surface area (Å²) in [6.07, 6.45) is 6.77. The number of halogens is 1. The highest BCUT2D eigenvalue weighted by molar-refractivity contribution is 14.0. The van der Waals surface area contributed by atoms with E-state index < -0.39 is 0 Å². The number of likely N-dealkylation sites (tertiary alicyclic amines) is 1. The second kappa shape index (κ2) is 12.2. The molecule has 3 rings (SSSR count). The zero-order valence-electron chi connectivity index (χ0n) is 17.6. The Labute approximate surface area is 191 Å². The van der Waals surface area contributed by atoms with Crippen LogP contribution < -0.4 is 10.1 Å². The molecule has 0 aromatic heterocycles. The quantitative estimate of drug-likeness (QED) is 0.269. The summed E-state index contributed by atoms with van der Waals surface area (Å²) in [6, 6.07) is 8.22. The Balaban J connectivity index is 0.00000300. The minimum absolute atomic E-state index is 0. The molecule has 1 aliphatic carbocycles. The van der Waals surface area contributed by atoms with Gasteiger partial charge in [-0.15, -0.1) is 24.0 Å². The monoisotopic (exact) mass is 515 g/mol. The van der Waals surface area contributed by atoms with Gasteiger partial charge in [0.05, 0.1) is 25.7 Å². The molecule has 1 heterocycles. The summed E-state index contributed by atoms with van der Waals surface area (Å²) < 4.78 is 11.1. The molecule has 1 aliphatic heterocycles. The largest absolute Gasteiger partial charge is 0.490 e. The maximum atomic E-state index is 11.8. The third kappa shape index (κ3) is 6.76. The van der Waals surface area contributed by atoms with Crippen molar-refractivity contribution in [2.75, 3.05) is 26.7 Å². The Morgan fingerprint density at radius 3 is 2.52 bits per heavy atom. The third-order valence-electron chi connectivity index (χ3n) is 5.63. The average molecular weight is 515 g/mol. The molecule has 1 saturated carbocycles. The number of benzene rings is 1. The Morgan fingerprint density at radius 1 is 1.17 bits per heavy atom. The highest BCUT2D eigenvalue weighted by Gasteiger charge is 2.27. The number of carbonyl (C=O) groups excluding carboxylic acids is 1. The molecule has 162 valence electrons. The van der Waals surface area contributed by atoms with Crippen molar-refractivity contribution in [1.82, 2.24) is 10.2 Å². The summed E-state index contributed by atoms with van der Waals surface area (Å²) >= 11 is 0. The predicted molar refractivity (Wildman–Crippen MR) is 126 cm³/mol. The van der Waals surface area contributed by atoms with Gasteiger partial charge in [-0.1, -0.05) is 18.2 Å². The molecule has 1 N–H and O–H groups in total. The molecule has 2 fully saturated rings. The van der Waals surface area contributed by atoms with E-state index in [4.69, 9.17) is 14.5 Å². The number of rotatable bonds is 6. The van der Waals surface area contributed by atoms with E-state index in [2.05, 4.69) is 29.3 Å². The first kappa shape index (κ1) is 23.8. The lowest BCUT2D eigenvalue weighted by Crippen LogP contribution is -2.46. The first-order valence-corrected chi connectivity index (χ1v) is 10.6. The van der Waals surface area contributed by atoms with Crippen molar-refractivity contribution in [2.45, 2.75) is 58.1 Å². The standard InChI is InChI=1S/C22H33N3O3.HI/c1-3-23-22(25-14-12-17(13-15-25)21(26)27-2)24-16-18-8-4-7-11-20(18)28-19-9-5-6-10-19;/h4,7-8,11,17,19H,3,5-6,9-10,12-16H2,1-2H3,(H,23,24);1H. The van der Waals surface area contributed by atoms with E-state index in [1.165, 1.54) is 20.0 Å². The van der Waals surface area contributed by atoms with E-state index in [-0.39, 0.29) is 35.9 Å². The topological polar surface area (TPSA) is 63.2 Å². The molecule has 0 spiro atoms. The molecule has 0 unspecified atom stereocenters. The number of nitrogens with zero attached hydrogens (tertiary/aromatic N) is 2. The number of aliphatic imine (C=N–C) groups is 1. The molecule has 0 bridgehead atoms. The molecule has 0 atom stereocenters. The minimum Gasteiger partial charge on any atom is -0.490 e. The van der Waals surface area contributed by atoms with Crippen LogP contribution in [0.15, 0.2) is 29.3 Å². The lowest BCUT2D eigenvalue weighted by molar-refractivity contribution is -0.146. The van der Waals surface area contributed by atoms with Crippen LogP contribution in [0.1, 0.15) is 51.0 Å². The van der Waals surface area contributed by atoms with Gasteiger partial charge in [0.25, 0.3) is 0 Å². The van der Waals surface area contributed by atoms with Crippen molar-refractivity contribution in [1.29, 1.82) is 0 Å². The van der Waals surface area contributed by atoms with Gasteiger partial charge in [-0.2, -0.15) is 0 Å². The predicted octanol–water partition coefficient (Wildman–Crippen LogP) is 3.98. The molecule has 0 amide bonds. The van der Waals surface area contributed by atoms with Gasteiger partial charge in [-0.25, -0.2) is 4.99 Å². The van der Waals surface area contributed by atoms with Gasteiger partial charge in [0.2, 0.25) is 0 Å². The number of methoxy groups -OCH3 is 1. The van der Waals surface area contributed by atoms with E-state index in [1.807, 2.05) is 12.1 Å². The number of carbonyl (C=O) groups is 1. The van der Waals surface area contributed by atoms with Crippen LogP contribution in [-0.2, 0) is 16.1 Å². The van der Waals surface area contributed by atoms with Crippen molar-refractivity contribution < 1.29 is 14.3 Å². The smallest absolute Gasteiger partial charge is 0.308 e. The van der Waals surface area contributed by atoms with Crippen LogP contribution >= 0.6 is 24.0 Å². The summed E-state index contributed by atoms with van der Waals surface area (Å²) in [5.74, 6) is 1.77. The van der Waals surface area contributed by atoms with Gasteiger partial charge < -0.3 is 19.7 Å². The summed E-state index contributed by atoms with van der Waals surface area (Å²) in [6.45, 7) is 5.10. The maximum absolute atomic E-state index is 11.8. The number of para-hydroxylation sites is 1. The number of hydrogen-bond donors (Lipinski definition) is 1. The first-order valence-electron chi connectivity index (χ1n) is 10.6. The number of piperidine rings is 1. The first-order chi connectivity index (χ1) is 13.7. The summed E-state index contributed by atoms with van der Waals surface area (Å²) in [4.78, 5) is 18.9. The van der Waals surface area contributed by atoms with Gasteiger partial charge in [0.1, 0.15) is 5.75 Å². The van der Waals surface area contributed by atoms with Crippen LogP contribution in [0.5, 0.6) is 5.75 Å². The highest BCUT2D eigenvalue weighted by Crippen LogP contribution is 2.27. The van der Waals surface area contributed by atoms with Crippen molar-refractivity contribution in [3.05, 3.63) is 29.8 Å². The number of ether oxygens (including phenoxy) is 2. The molecule has 2 aliphatic rings. The Kier molecular flexibility index (Phi) is 10.0. The van der Waals surface area contributed by atoms with Crippen molar-refractivity contribution in [2.24, 2.45) is 10.9 Å². The lowest BCUT2D eigenvalue weighted by Gasteiger charge is -2.33. The van der Waals surface area contributed by atoms with Crippen LogP contribution in [0.2, 0.25) is 0 Å². The number of nitrogens with one attached hydrogen (secondary N) is 1. The molecule has 1 aromatic carbocycles. The van der Waals surface area contributed by atoms with Crippen LogP contribution in [0.3, 0.4) is 0 Å². The third-order valence-corrected chi connectivity index (χ3v) is 5.63. The Hall–Kier alpha value is -1.51. The summed E-state index contributed by atoms with van der Waals surface area (Å²) in [7, 11) is 1.46.